The first-order chi connectivity index (χ1) is 9.25. The minimum atomic E-state index is 0.456. The first kappa shape index (κ1) is 12.2. The van der Waals surface area contributed by atoms with E-state index in [2.05, 4.69) is 10.1 Å². The van der Waals surface area contributed by atoms with Gasteiger partial charge in [-0.3, -0.25) is 0 Å². The van der Waals surface area contributed by atoms with Gasteiger partial charge in [0, 0.05) is 11.6 Å². The largest absolute Gasteiger partial charge is 0.398 e. The van der Waals surface area contributed by atoms with Crippen LogP contribution in [0, 0.1) is 6.92 Å². The zero-order valence-corrected chi connectivity index (χ0v) is 11.2. The van der Waals surface area contributed by atoms with Gasteiger partial charge in [-0.2, -0.15) is 4.98 Å². The summed E-state index contributed by atoms with van der Waals surface area (Å²) in [6, 6.07) is 5.88. The Bertz CT molecular complexity index is 571. The minimum absolute atomic E-state index is 0.456. The van der Waals surface area contributed by atoms with Gasteiger partial charge in [0.05, 0.1) is 5.56 Å². The average Bonchev–Trinajstić information content (AvgIpc) is 2.92. The first-order valence-electron chi connectivity index (χ1n) is 6.95. The molecule has 0 aliphatic heterocycles. The van der Waals surface area contributed by atoms with E-state index in [-0.39, 0.29) is 0 Å². The summed E-state index contributed by atoms with van der Waals surface area (Å²) in [5, 5.41) is 4.15. The predicted molar refractivity (Wildman–Crippen MR) is 74.7 cm³/mol. The molecule has 0 spiro atoms. The van der Waals surface area contributed by atoms with Gasteiger partial charge in [0.15, 0.2) is 5.82 Å². The highest BCUT2D eigenvalue weighted by Gasteiger charge is 2.22. The molecule has 1 heterocycles. The summed E-state index contributed by atoms with van der Waals surface area (Å²) in [4.78, 5) is 4.55. The molecule has 0 bridgehead atoms. The van der Waals surface area contributed by atoms with E-state index < -0.39 is 0 Å². The second-order valence-corrected chi connectivity index (χ2v) is 5.33. The molecule has 4 nitrogen and oxygen atoms in total. The van der Waals surface area contributed by atoms with Crippen molar-refractivity contribution in [1.82, 2.24) is 10.1 Å². The lowest BCUT2D eigenvalue weighted by atomic mass is 9.89. The Morgan fingerprint density at radius 2 is 2.00 bits per heavy atom. The lowest BCUT2D eigenvalue weighted by molar-refractivity contribution is 0.385. The van der Waals surface area contributed by atoms with Crippen molar-refractivity contribution in [3.8, 4) is 11.5 Å². The Balaban J connectivity index is 1.90. The third kappa shape index (κ3) is 2.35. The highest BCUT2D eigenvalue weighted by Crippen LogP contribution is 2.33. The van der Waals surface area contributed by atoms with E-state index >= 15 is 0 Å². The Morgan fingerprint density at radius 1 is 1.21 bits per heavy atom. The van der Waals surface area contributed by atoms with Gasteiger partial charge >= 0.3 is 0 Å². The van der Waals surface area contributed by atoms with Crippen molar-refractivity contribution in [2.45, 2.75) is 44.9 Å². The number of hydrogen-bond donors (Lipinski definition) is 1. The number of nitrogens with two attached hydrogens (primary N) is 1. The van der Waals surface area contributed by atoms with Crippen LogP contribution < -0.4 is 5.73 Å². The smallest absolute Gasteiger partial charge is 0.260 e. The van der Waals surface area contributed by atoms with Gasteiger partial charge in [0.25, 0.3) is 5.89 Å². The van der Waals surface area contributed by atoms with Crippen molar-refractivity contribution in [1.29, 1.82) is 0 Å². The molecule has 1 aliphatic carbocycles. The maximum Gasteiger partial charge on any atom is 0.260 e. The summed E-state index contributed by atoms with van der Waals surface area (Å²) >= 11 is 0. The molecule has 0 unspecified atom stereocenters. The number of aryl methyl sites for hydroxylation is 1. The second kappa shape index (κ2) is 5.03. The van der Waals surface area contributed by atoms with Crippen LogP contribution in [0.3, 0.4) is 0 Å². The summed E-state index contributed by atoms with van der Waals surface area (Å²) < 4.78 is 5.40. The number of aromatic nitrogens is 2. The second-order valence-electron chi connectivity index (χ2n) is 5.33. The summed E-state index contributed by atoms with van der Waals surface area (Å²) in [5.41, 5.74) is 8.68. The summed E-state index contributed by atoms with van der Waals surface area (Å²) in [7, 11) is 0. The van der Waals surface area contributed by atoms with E-state index in [0.717, 1.165) is 22.6 Å². The third-order valence-corrected chi connectivity index (χ3v) is 3.97. The molecular formula is C15H19N3O. The standard InChI is InChI=1S/C15H19N3O/c1-10-6-5-9-12(13(10)16)15-17-14(18-19-15)11-7-3-2-4-8-11/h5-6,9,11H,2-4,7-8,16H2,1H3. The molecule has 1 aliphatic rings. The van der Waals surface area contributed by atoms with Crippen LogP contribution in [-0.2, 0) is 0 Å². The molecule has 100 valence electrons. The highest BCUT2D eigenvalue weighted by molar-refractivity contribution is 5.73. The molecule has 19 heavy (non-hydrogen) atoms. The summed E-state index contributed by atoms with van der Waals surface area (Å²) in [5.74, 6) is 1.84. The molecular weight excluding hydrogens is 238 g/mol. The zero-order chi connectivity index (χ0) is 13.2. The van der Waals surface area contributed by atoms with Crippen molar-refractivity contribution in [2.24, 2.45) is 0 Å². The van der Waals surface area contributed by atoms with E-state index in [1.807, 2.05) is 25.1 Å². The van der Waals surface area contributed by atoms with Gasteiger partial charge in [-0.15, -0.1) is 0 Å². The van der Waals surface area contributed by atoms with Gasteiger partial charge in [-0.25, -0.2) is 0 Å². The molecule has 0 amide bonds. The Labute approximate surface area is 113 Å². The fraction of sp³-hybridized carbons (Fsp3) is 0.467. The van der Waals surface area contributed by atoms with Crippen molar-refractivity contribution < 1.29 is 4.52 Å². The topological polar surface area (TPSA) is 64.9 Å². The van der Waals surface area contributed by atoms with E-state index in [1.165, 1.54) is 32.1 Å². The number of anilines is 1. The molecule has 1 saturated carbocycles. The molecule has 1 aromatic heterocycles. The molecule has 2 aromatic rings. The Morgan fingerprint density at radius 3 is 2.79 bits per heavy atom. The Hall–Kier alpha value is -1.84. The maximum absolute atomic E-state index is 6.07. The third-order valence-electron chi connectivity index (χ3n) is 3.97. The van der Waals surface area contributed by atoms with E-state index in [9.17, 15) is 0 Å². The van der Waals surface area contributed by atoms with Gasteiger partial charge in [0.2, 0.25) is 0 Å². The molecule has 1 aromatic carbocycles. The first-order valence-corrected chi connectivity index (χ1v) is 6.95. The maximum atomic E-state index is 6.07. The molecule has 0 radical (unpaired) electrons. The van der Waals surface area contributed by atoms with Gasteiger partial charge in [-0.1, -0.05) is 36.6 Å². The van der Waals surface area contributed by atoms with Crippen LogP contribution in [0.15, 0.2) is 22.7 Å². The van der Waals surface area contributed by atoms with Crippen molar-refractivity contribution in [2.75, 3.05) is 5.73 Å². The lowest BCUT2D eigenvalue weighted by Gasteiger charge is -2.17. The van der Waals surface area contributed by atoms with Crippen molar-refractivity contribution in [3.63, 3.8) is 0 Å². The van der Waals surface area contributed by atoms with Gasteiger partial charge in [-0.05, 0) is 31.4 Å². The number of para-hydroxylation sites is 1. The van der Waals surface area contributed by atoms with E-state index in [4.69, 9.17) is 10.3 Å². The highest BCUT2D eigenvalue weighted by atomic mass is 16.5. The molecule has 0 saturated heterocycles. The number of hydrogen-bond acceptors (Lipinski definition) is 4. The SMILES string of the molecule is Cc1cccc(-c2nc(C3CCCCC3)no2)c1N. The molecule has 0 atom stereocenters. The molecule has 2 N–H and O–H groups in total. The molecule has 3 rings (SSSR count). The van der Waals surface area contributed by atoms with Crippen LogP contribution in [0.1, 0.15) is 49.4 Å². The monoisotopic (exact) mass is 257 g/mol. The van der Waals surface area contributed by atoms with Crippen LogP contribution in [0.4, 0.5) is 5.69 Å². The lowest BCUT2D eigenvalue weighted by Crippen LogP contribution is -2.06. The zero-order valence-electron chi connectivity index (χ0n) is 11.2. The van der Waals surface area contributed by atoms with Crippen LogP contribution >= 0.6 is 0 Å². The molecule has 4 heteroatoms. The number of nitrogens with zero attached hydrogens (tertiary/aromatic N) is 2. The minimum Gasteiger partial charge on any atom is -0.398 e. The van der Waals surface area contributed by atoms with Crippen LogP contribution in [0.25, 0.3) is 11.5 Å². The number of benzene rings is 1. The quantitative estimate of drug-likeness (QED) is 0.833. The average molecular weight is 257 g/mol. The molecule has 1 fully saturated rings. The van der Waals surface area contributed by atoms with Gasteiger partial charge in [0.1, 0.15) is 0 Å². The predicted octanol–water partition coefficient (Wildman–Crippen LogP) is 3.67. The van der Waals surface area contributed by atoms with Crippen LogP contribution in [0.2, 0.25) is 0 Å². The van der Waals surface area contributed by atoms with Gasteiger partial charge < -0.3 is 10.3 Å². The van der Waals surface area contributed by atoms with E-state index in [1.54, 1.807) is 0 Å². The number of rotatable bonds is 2. The van der Waals surface area contributed by atoms with Crippen LogP contribution in [-0.4, -0.2) is 10.1 Å². The Kier molecular flexibility index (Phi) is 3.23. The fourth-order valence-electron chi connectivity index (χ4n) is 2.74. The summed E-state index contributed by atoms with van der Waals surface area (Å²) in [6.45, 7) is 1.98. The normalized spacial score (nSPS) is 16.7. The van der Waals surface area contributed by atoms with Crippen molar-refractivity contribution in [3.05, 3.63) is 29.6 Å². The summed E-state index contributed by atoms with van der Waals surface area (Å²) in [6.07, 6.45) is 6.19. The van der Waals surface area contributed by atoms with Crippen LogP contribution in [0.5, 0.6) is 0 Å². The fourth-order valence-corrected chi connectivity index (χ4v) is 2.74. The number of nitrogen functional groups attached to an aromatic ring is 1. The van der Waals surface area contributed by atoms with E-state index in [0.29, 0.717) is 11.8 Å². The van der Waals surface area contributed by atoms with Crippen molar-refractivity contribution >= 4 is 5.69 Å².